The molecule has 0 saturated carbocycles. The number of carboxylic acid groups (broad SMARTS) is 1. The van der Waals surface area contributed by atoms with Crippen LogP contribution in [0, 0.1) is 11.3 Å². The second-order valence-electron chi connectivity index (χ2n) is 8.20. The van der Waals surface area contributed by atoms with Crippen LogP contribution < -0.4 is 14.5 Å². The summed E-state index contributed by atoms with van der Waals surface area (Å²) in [5.41, 5.74) is -2.10. The van der Waals surface area contributed by atoms with Crippen LogP contribution in [-0.4, -0.2) is 48.9 Å². The standard InChI is InChI=1S/C23H21F6N3O4/c1-13(2)32(21(33)34)15-5-7-17(8-6-15)35-12-18-11-31(20(36-18)23(27,28)29)16-4-3-14(10-30)19(9-16)22(24,25)26/h3-9,13,18,20H,11-12H2,1-2H3,(H,33,34)/t18-,20+/m0/s1. The lowest BCUT2D eigenvalue weighted by Crippen LogP contribution is -2.42. The van der Waals surface area contributed by atoms with E-state index in [9.17, 15) is 36.2 Å². The van der Waals surface area contributed by atoms with Gasteiger partial charge in [0, 0.05) is 17.4 Å². The molecule has 1 N–H and O–H groups in total. The van der Waals surface area contributed by atoms with Crippen LogP contribution in [0.1, 0.15) is 25.0 Å². The summed E-state index contributed by atoms with van der Waals surface area (Å²) >= 11 is 0. The molecule has 1 saturated heterocycles. The number of amides is 1. The smallest absolute Gasteiger partial charge is 0.433 e. The minimum Gasteiger partial charge on any atom is -0.491 e. The monoisotopic (exact) mass is 517 g/mol. The van der Waals surface area contributed by atoms with Gasteiger partial charge in [-0.1, -0.05) is 0 Å². The van der Waals surface area contributed by atoms with Gasteiger partial charge in [-0.3, -0.25) is 4.90 Å². The van der Waals surface area contributed by atoms with Crippen molar-refractivity contribution in [1.29, 1.82) is 5.26 Å². The van der Waals surface area contributed by atoms with Crippen molar-refractivity contribution in [3.63, 3.8) is 0 Å². The Morgan fingerprint density at radius 3 is 2.33 bits per heavy atom. The number of hydrogen-bond donors (Lipinski definition) is 1. The van der Waals surface area contributed by atoms with E-state index in [-0.39, 0.29) is 18.4 Å². The van der Waals surface area contributed by atoms with Crippen molar-refractivity contribution in [2.24, 2.45) is 0 Å². The summed E-state index contributed by atoms with van der Waals surface area (Å²) in [6, 6.07) is 9.18. The molecule has 2 aromatic rings. The molecule has 3 rings (SSSR count). The van der Waals surface area contributed by atoms with Gasteiger partial charge >= 0.3 is 18.4 Å². The first kappa shape index (κ1) is 26.9. The Bertz CT molecular complexity index is 1130. The van der Waals surface area contributed by atoms with Crippen molar-refractivity contribution >= 4 is 17.5 Å². The summed E-state index contributed by atoms with van der Waals surface area (Å²) in [6.07, 6.45) is -14.7. The molecule has 0 unspecified atom stereocenters. The van der Waals surface area contributed by atoms with E-state index < -0.39 is 54.1 Å². The van der Waals surface area contributed by atoms with Crippen molar-refractivity contribution in [3.8, 4) is 11.8 Å². The number of halogens is 6. The average molecular weight is 517 g/mol. The minimum atomic E-state index is -4.93. The van der Waals surface area contributed by atoms with Gasteiger partial charge in [-0.25, -0.2) is 4.79 Å². The van der Waals surface area contributed by atoms with E-state index >= 15 is 0 Å². The minimum absolute atomic E-state index is 0.233. The molecule has 7 nitrogen and oxygen atoms in total. The largest absolute Gasteiger partial charge is 0.491 e. The van der Waals surface area contributed by atoms with Crippen molar-refractivity contribution < 1.29 is 45.7 Å². The Labute approximate surface area is 202 Å². The van der Waals surface area contributed by atoms with Gasteiger partial charge in [0.05, 0.1) is 23.7 Å². The fraction of sp³-hybridized carbons (Fsp3) is 0.391. The molecule has 1 heterocycles. The van der Waals surface area contributed by atoms with Gasteiger partial charge in [0.15, 0.2) is 0 Å². The van der Waals surface area contributed by atoms with Gasteiger partial charge in [0.1, 0.15) is 18.5 Å². The summed E-state index contributed by atoms with van der Waals surface area (Å²) < 4.78 is 91.4. The number of anilines is 2. The molecular formula is C23H21F6N3O4. The van der Waals surface area contributed by atoms with Crippen molar-refractivity contribution in [2.45, 2.75) is 44.6 Å². The van der Waals surface area contributed by atoms with E-state index in [1.165, 1.54) is 30.3 Å². The van der Waals surface area contributed by atoms with E-state index in [0.29, 0.717) is 16.7 Å². The first-order valence-corrected chi connectivity index (χ1v) is 10.6. The number of rotatable bonds is 6. The SMILES string of the molecule is CC(C)N(C(=O)O)c1ccc(OC[C@@H]2CN(c3ccc(C#N)c(C(F)(F)F)c3)[C@@H](C(F)(F)F)O2)cc1. The van der Waals surface area contributed by atoms with E-state index in [1.807, 2.05) is 0 Å². The van der Waals surface area contributed by atoms with Crippen molar-refractivity contribution in [3.05, 3.63) is 53.6 Å². The molecule has 1 aliphatic rings. The second kappa shape index (κ2) is 10.1. The fourth-order valence-electron chi connectivity index (χ4n) is 3.77. The predicted octanol–water partition coefficient (Wildman–Crippen LogP) is 5.64. The quantitative estimate of drug-likeness (QED) is 0.499. The molecule has 0 spiro atoms. The average Bonchev–Trinajstić information content (AvgIpc) is 3.22. The summed E-state index contributed by atoms with van der Waals surface area (Å²) in [6.45, 7) is 2.60. The van der Waals surface area contributed by atoms with Crippen LogP contribution in [-0.2, 0) is 10.9 Å². The van der Waals surface area contributed by atoms with Gasteiger partial charge in [0.2, 0.25) is 6.23 Å². The normalized spacial score (nSPS) is 18.3. The molecule has 0 radical (unpaired) electrons. The first-order valence-electron chi connectivity index (χ1n) is 10.6. The Kier molecular flexibility index (Phi) is 7.59. The maximum absolute atomic E-state index is 13.6. The third-order valence-corrected chi connectivity index (χ3v) is 5.32. The molecule has 2 aromatic carbocycles. The lowest BCUT2D eigenvalue weighted by Gasteiger charge is -2.27. The van der Waals surface area contributed by atoms with Crippen molar-refractivity contribution in [2.75, 3.05) is 23.0 Å². The van der Waals surface area contributed by atoms with Gasteiger partial charge in [-0.2, -0.15) is 31.6 Å². The summed E-state index contributed by atoms with van der Waals surface area (Å²) in [5, 5.41) is 18.2. The van der Waals surface area contributed by atoms with E-state index in [2.05, 4.69) is 0 Å². The Morgan fingerprint density at radius 1 is 1.19 bits per heavy atom. The molecular weight excluding hydrogens is 496 g/mol. The van der Waals surface area contributed by atoms with Crippen LogP contribution in [0.2, 0.25) is 0 Å². The summed E-state index contributed by atoms with van der Waals surface area (Å²) in [5.74, 6) is 0.233. The maximum atomic E-state index is 13.6. The van der Waals surface area contributed by atoms with Crippen LogP contribution in [0.3, 0.4) is 0 Å². The van der Waals surface area contributed by atoms with Crippen LogP contribution in [0.25, 0.3) is 0 Å². The highest BCUT2D eigenvalue weighted by molar-refractivity contribution is 5.86. The fourth-order valence-corrected chi connectivity index (χ4v) is 3.77. The highest BCUT2D eigenvalue weighted by Gasteiger charge is 2.51. The van der Waals surface area contributed by atoms with Crippen LogP contribution in [0.15, 0.2) is 42.5 Å². The third kappa shape index (κ3) is 5.93. The molecule has 0 aromatic heterocycles. The van der Waals surface area contributed by atoms with E-state index in [0.717, 1.165) is 17.0 Å². The third-order valence-electron chi connectivity index (χ3n) is 5.32. The number of carbonyl (C=O) groups is 1. The molecule has 2 atom stereocenters. The number of alkyl halides is 6. The zero-order valence-corrected chi connectivity index (χ0v) is 19.0. The number of nitrogens with zero attached hydrogens (tertiary/aromatic N) is 3. The first-order chi connectivity index (χ1) is 16.7. The van der Waals surface area contributed by atoms with Gasteiger partial charge in [-0.15, -0.1) is 0 Å². The highest BCUT2D eigenvalue weighted by atomic mass is 19.4. The topological polar surface area (TPSA) is 86.0 Å². The van der Waals surface area contributed by atoms with Crippen molar-refractivity contribution in [1.82, 2.24) is 0 Å². The number of hydrogen-bond acceptors (Lipinski definition) is 5. The second-order valence-corrected chi connectivity index (χ2v) is 8.20. The predicted molar refractivity (Wildman–Crippen MR) is 116 cm³/mol. The van der Waals surface area contributed by atoms with Gasteiger partial charge in [0.25, 0.3) is 0 Å². The maximum Gasteiger partial charge on any atom is 0.433 e. The molecule has 0 bridgehead atoms. The van der Waals surface area contributed by atoms with E-state index in [4.69, 9.17) is 14.7 Å². The number of benzene rings is 2. The lowest BCUT2D eigenvalue weighted by molar-refractivity contribution is -0.215. The molecule has 0 aliphatic carbocycles. The zero-order valence-electron chi connectivity index (χ0n) is 19.0. The number of nitriles is 1. The van der Waals surface area contributed by atoms with Crippen LogP contribution in [0.4, 0.5) is 42.5 Å². The molecule has 13 heteroatoms. The Morgan fingerprint density at radius 2 is 1.83 bits per heavy atom. The lowest BCUT2D eigenvalue weighted by atomic mass is 10.1. The molecule has 36 heavy (non-hydrogen) atoms. The molecule has 1 fully saturated rings. The number of ether oxygens (including phenoxy) is 2. The Balaban J connectivity index is 1.77. The zero-order chi connectivity index (χ0) is 26.8. The van der Waals surface area contributed by atoms with Crippen LogP contribution in [0.5, 0.6) is 5.75 Å². The van der Waals surface area contributed by atoms with Crippen LogP contribution >= 0.6 is 0 Å². The molecule has 1 aliphatic heterocycles. The summed E-state index contributed by atoms with van der Waals surface area (Å²) in [7, 11) is 0. The highest BCUT2D eigenvalue weighted by Crippen LogP contribution is 2.39. The molecule has 194 valence electrons. The van der Waals surface area contributed by atoms with Gasteiger partial charge < -0.3 is 19.5 Å². The van der Waals surface area contributed by atoms with E-state index in [1.54, 1.807) is 13.8 Å². The Hall–Kier alpha value is -3.66. The molecule has 1 amide bonds. The summed E-state index contributed by atoms with van der Waals surface area (Å²) in [4.78, 5) is 13.2. The van der Waals surface area contributed by atoms with Gasteiger partial charge in [-0.05, 0) is 56.3 Å².